The molecule has 0 aliphatic heterocycles. The smallest absolute Gasteiger partial charge is 0.0911 e. The van der Waals surface area contributed by atoms with Gasteiger partial charge in [0.25, 0.3) is 0 Å². The van der Waals surface area contributed by atoms with Crippen molar-refractivity contribution < 1.29 is 4.74 Å². The van der Waals surface area contributed by atoms with Gasteiger partial charge < -0.3 is 10.5 Å². The zero-order chi connectivity index (χ0) is 11.4. The number of amidine groups is 1. The average molecular weight is 218 g/mol. The summed E-state index contributed by atoms with van der Waals surface area (Å²) in [6, 6.07) is 10.2. The maximum atomic E-state index is 7.31. The third-order valence-corrected chi connectivity index (χ3v) is 3.04. The summed E-state index contributed by atoms with van der Waals surface area (Å²) in [5.41, 5.74) is 6.81. The zero-order valence-electron chi connectivity index (χ0n) is 9.41. The Balaban J connectivity index is 1.74. The second-order valence-electron chi connectivity index (χ2n) is 4.68. The van der Waals surface area contributed by atoms with Gasteiger partial charge in [-0.2, -0.15) is 0 Å². The summed E-state index contributed by atoms with van der Waals surface area (Å²) in [6.07, 6.45) is 2.96. The minimum Gasteiger partial charge on any atom is -0.388 e. The fourth-order valence-corrected chi connectivity index (χ4v) is 1.91. The van der Waals surface area contributed by atoms with Crippen LogP contribution in [0.1, 0.15) is 24.8 Å². The summed E-state index contributed by atoms with van der Waals surface area (Å²) in [6.45, 7) is 1.38. The lowest BCUT2D eigenvalue weighted by Crippen LogP contribution is -2.20. The van der Waals surface area contributed by atoms with E-state index in [4.69, 9.17) is 15.9 Å². The molecule has 0 amide bonds. The molecule has 3 N–H and O–H groups in total. The number of nitrogens with one attached hydrogen (secondary N) is 1. The van der Waals surface area contributed by atoms with Gasteiger partial charge >= 0.3 is 0 Å². The zero-order valence-corrected chi connectivity index (χ0v) is 9.41. The molecule has 1 aromatic rings. The molecule has 2 rings (SSSR count). The second-order valence-corrected chi connectivity index (χ2v) is 4.68. The highest BCUT2D eigenvalue weighted by Gasteiger charge is 2.43. The van der Waals surface area contributed by atoms with E-state index in [2.05, 4.69) is 12.1 Å². The number of ether oxygens (including phenoxy) is 1. The molecule has 1 aliphatic rings. The van der Waals surface area contributed by atoms with Crippen LogP contribution < -0.4 is 5.73 Å². The van der Waals surface area contributed by atoms with Crippen LogP contribution in [0.25, 0.3) is 0 Å². The van der Waals surface area contributed by atoms with Crippen LogP contribution in [0.15, 0.2) is 30.3 Å². The fraction of sp³-hybridized carbons (Fsp3) is 0.462. The Morgan fingerprint density at radius 2 is 2.00 bits per heavy atom. The molecule has 0 aromatic heterocycles. The van der Waals surface area contributed by atoms with Crippen LogP contribution in [-0.4, -0.2) is 12.4 Å². The van der Waals surface area contributed by atoms with Crippen molar-refractivity contribution in [2.45, 2.75) is 25.9 Å². The van der Waals surface area contributed by atoms with Gasteiger partial charge in [-0.05, 0) is 18.4 Å². The number of nitrogens with two attached hydrogens (primary N) is 1. The topological polar surface area (TPSA) is 59.1 Å². The molecule has 0 unspecified atom stereocenters. The molecule has 16 heavy (non-hydrogen) atoms. The van der Waals surface area contributed by atoms with Crippen LogP contribution in [0.3, 0.4) is 0 Å². The number of hydrogen-bond acceptors (Lipinski definition) is 2. The Kier molecular flexibility index (Phi) is 3.25. The predicted octanol–water partition coefficient (Wildman–Crippen LogP) is 2.31. The molecule has 1 aromatic carbocycles. The van der Waals surface area contributed by atoms with E-state index in [-0.39, 0.29) is 11.3 Å². The second kappa shape index (κ2) is 4.66. The molecular formula is C13H18N2O. The summed E-state index contributed by atoms with van der Waals surface area (Å²) in [5.74, 6) is 0.279. The van der Waals surface area contributed by atoms with E-state index >= 15 is 0 Å². The van der Waals surface area contributed by atoms with Crippen LogP contribution in [0.2, 0.25) is 0 Å². The van der Waals surface area contributed by atoms with E-state index in [1.54, 1.807) is 0 Å². The normalized spacial score (nSPS) is 17.0. The van der Waals surface area contributed by atoms with E-state index in [0.29, 0.717) is 13.0 Å². The first kappa shape index (κ1) is 11.1. The standard InChI is InChI=1S/C13H18N2O/c14-12(15)8-13(6-7-13)10-16-9-11-4-2-1-3-5-11/h1-5H,6-10H2,(H3,14,15). The number of hydrogen-bond donors (Lipinski definition) is 2. The Hall–Kier alpha value is -1.35. The summed E-state index contributed by atoms with van der Waals surface area (Å²) in [5, 5.41) is 7.31. The lowest BCUT2D eigenvalue weighted by atomic mass is 10.0. The predicted molar refractivity (Wildman–Crippen MR) is 64.3 cm³/mol. The molecule has 3 nitrogen and oxygen atoms in total. The summed E-state index contributed by atoms with van der Waals surface area (Å²) in [4.78, 5) is 0. The molecule has 0 heterocycles. The van der Waals surface area contributed by atoms with Crippen molar-refractivity contribution in [1.29, 1.82) is 5.41 Å². The molecule has 1 aliphatic carbocycles. The summed E-state index contributed by atoms with van der Waals surface area (Å²) < 4.78 is 5.70. The van der Waals surface area contributed by atoms with Gasteiger partial charge in [0.1, 0.15) is 0 Å². The van der Waals surface area contributed by atoms with E-state index in [1.807, 2.05) is 18.2 Å². The fourth-order valence-electron chi connectivity index (χ4n) is 1.91. The van der Waals surface area contributed by atoms with Crippen LogP contribution >= 0.6 is 0 Å². The highest BCUT2D eigenvalue weighted by atomic mass is 16.5. The number of rotatable bonds is 6. The molecule has 1 saturated carbocycles. The third kappa shape index (κ3) is 3.07. The maximum Gasteiger partial charge on any atom is 0.0911 e. The maximum absolute atomic E-state index is 7.31. The van der Waals surface area contributed by atoms with Crippen molar-refractivity contribution in [3.8, 4) is 0 Å². The van der Waals surface area contributed by atoms with Crippen molar-refractivity contribution in [3.05, 3.63) is 35.9 Å². The quantitative estimate of drug-likeness (QED) is 0.568. The Bertz CT molecular complexity index is 357. The molecule has 0 atom stereocenters. The first-order valence-corrected chi connectivity index (χ1v) is 5.65. The summed E-state index contributed by atoms with van der Waals surface area (Å²) in [7, 11) is 0. The molecule has 86 valence electrons. The minimum atomic E-state index is 0.181. The third-order valence-electron chi connectivity index (χ3n) is 3.04. The average Bonchev–Trinajstić information content (AvgIpc) is 2.99. The van der Waals surface area contributed by atoms with Gasteiger partial charge in [-0.25, -0.2) is 0 Å². The molecule has 0 radical (unpaired) electrons. The molecular weight excluding hydrogens is 200 g/mol. The first-order valence-electron chi connectivity index (χ1n) is 5.65. The Morgan fingerprint density at radius 1 is 1.31 bits per heavy atom. The Morgan fingerprint density at radius 3 is 2.56 bits per heavy atom. The SMILES string of the molecule is N=C(N)CC1(COCc2ccccc2)CC1. The van der Waals surface area contributed by atoms with Gasteiger partial charge in [0.2, 0.25) is 0 Å². The largest absolute Gasteiger partial charge is 0.388 e. The van der Waals surface area contributed by atoms with Crippen molar-refractivity contribution in [2.24, 2.45) is 11.1 Å². The lowest BCUT2D eigenvalue weighted by Gasteiger charge is -2.14. The van der Waals surface area contributed by atoms with E-state index < -0.39 is 0 Å². The van der Waals surface area contributed by atoms with Crippen molar-refractivity contribution in [3.63, 3.8) is 0 Å². The molecule has 0 bridgehead atoms. The van der Waals surface area contributed by atoms with E-state index in [9.17, 15) is 0 Å². The monoisotopic (exact) mass is 218 g/mol. The van der Waals surface area contributed by atoms with Gasteiger partial charge in [-0.3, -0.25) is 5.41 Å². The highest BCUT2D eigenvalue weighted by molar-refractivity contribution is 5.78. The van der Waals surface area contributed by atoms with Gasteiger partial charge in [0.15, 0.2) is 0 Å². The van der Waals surface area contributed by atoms with E-state index in [1.165, 1.54) is 5.56 Å². The molecule has 0 spiro atoms. The van der Waals surface area contributed by atoms with Crippen LogP contribution in [0.4, 0.5) is 0 Å². The van der Waals surface area contributed by atoms with Gasteiger partial charge in [0, 0.05) is 11.8 Å². The molecule has 0 saturated heterocycles. The van der Waals surface area contributed by atoms with E-state index in [0.717, 1.165) is 19.4 Å². The van der Waals surface area contributed by atoms with Crippen molar-refractivity contribution in [2.75, 3.05) is 6.61 Å². The Labute approximate surface area is 96.1 Å². The van der Waals surface area contributed by atoms with Gasteiger partial charge in [0.05, 0.1) is 19.0 Å². The lowest BCUT2D eigenvalue weighted by molar-refractivity contribution is 0.0802. The first-order chi connectivity index (χ1) is 7.70. The molecule has 3 heteroatoms. The van der Waals surface area contributed by atoms with Gasteiger partial charge in [-0.1, -0.05) is 30.3 Å². The van der Waals surface area contributed by atoms with Crippen LogP contribution in [0.5, 0.6) is 0 Å². The number of benzene rings is 1. The molecule has 1 fully saturated rings. The van der Waals surface area contributed by atoms with Crippen LogP contribution in [0, 0.1) is 10.8 Å². The van der Waals surface area contributed by atoms with Crippen molar-refractivity contribution >= 4 is 5.84 Å². The summed E-state index contributed by atoms with van der Waals surface area (Å²) >= 11 is 0. The van der Waals surface area contributed by atoms with Crippen LogP contribution in [-0.2, 0) is 11.3 Å². The van der Waals surface area contributed by atoms with Crippen molar-refractivity contribution in [1.82, 2.24) is 0 Å². The minimum absolute atomic E-state index is 0.181. The highest BCUT2D eigenvalue weighted by Crippen LogP contribution is 2.48. The van der Waals surface area contributed by atoms with Gasteiger partial charge in [-0.15, -0.1) is 0 Å².